The quantitative estimate of drug-likeness (QED) is 0.516. The van der Waals surface area contributed by atoms with Crippen molar-refractivity contribution in [3.63, 3.8) is 0 Å². The average molecular weight is 383 g/mol. The Hall–Kier alpha value is -3.02. The fourth-order valence-electron chi connectivity index (χ4n) is 2.80. The topological polar surface area (TPSA) is 66.0 Å². The van der Waals surface area contributed by atoms with Crippen LogP contribution in [0.4, 0.5) is 0 Å². The summed E-state index contributed by atoms with van der Waals surface area (Å²) in [6.45, 7) is 4.11. The second kappa shape index (κ2) is 11.6. The fraction of sp³-hybridized carbons (Fsp3) is 0.364. The molecule has 1 amide bonds. The molecule has 0 atom stereocenters. The molecule has 0 aliphatic carbocycles. The Morgan fingerprint density at radius 1 is 1.04 bits per heavy atom. The van der Waals surface area contributed by atoms with Crippen LogP contribution in [0.5, 0.6) is 5.75 Å². The van der Waals surface area contributed by atoms with Crippen molar-refractivity contribution < 1.29 is 9.53 Å². The van der Waals surface area contributed by atoms with E-state index in [4.69, 9.17) is 4.74 Å². The molecule has 6 nitrogen and oxygen atoms in total. The number of nitrogens with zero attached hydrogens (tertiary/aromatic N) is 2. The highest BCUT2D eigenvalue weighted by atomic mass is 16.5. The number of carbonyl (C=O) groups is 1. The van der Waals surface area contributed by atoms with Crippen LogP contribution < -0.4 is 15.4 Å². The Morgan fingerprint density at radius 3 is 2.39 bits per heavy atom. The molecule has 2 aromatic carbocycles. The average Bonchev–Trinajstić information content (AvgIpc) is 2.71. The van der Waals surface area contributed by atoms with Crippen LogP contribution in [0.25, 0.3) is 0 Å². The first-order valence-corrected chi connectivity index (χ1v) is 9.56. The van der Waals surface area contributed by atoms with Gasteiger partial charge in [0.1, 0.15) is 5.75 Å². The van der Waals surface area contributed by atoms with Crippen LogP contribution in [0.1, 0.15) is 18.1 Å². The number of ether oxygens (including phenoxy) is 1. The summed E-state index contributed by atoms with van der Waals surface area (Å²) in [6.07, 6.45) is 0.818. The van der Waals surface area contributed by atoms with E-state index < -0.39 is 0 Å². The molecule has 0 heterocycles. The SMILES string of the molecule is CCOc1ccc(CN(C)C(=NC)NCC(=O)NCCc2ccccc2)cc1. The zero-order valence-electron chi connectivity index (χ0n) is 16.9. The molecule has 0 aromatic heterocycles. The number of guanidine groups is 1. The lowest BCUT2D eigenvalue weighted by Gasteiger charge is -2.22. The molecule has 0 radical (unpaired) electrons. The first kappa shape index (κ1) is 21.3. The normalized spacial score (nSPS) is 11.0. The number of nitrogens with one attached hydrogen (secondary N) is 2. The molecule has 0 spiro atoms. The Kier molecular flexibility index (Phi) is 8.85. The third kappa shape index (κ3) is 7.31. The van der Waals surface area contributed by atoms with Crippen LogP contribution in [0.2, 0.25) is 0 Å². The minimum atomic E-state index is -0.0495. The fourth-order valence-corrected chi connectivity index (χ4v) is 2.80. The molecule has 0 aliphatic heterocycles. The minimum Gasteiger partial charge on any atom is -0.494 e. The third-order valence-corrected chi connectivity index (χ3v) is 4.21. The van der Waals surface area contributed by atoms with Crippen molar-refractivity contribution in [1.29, 1.82) is 0 Å². The second-order valence-corrected chi connectivity index (χ2v) is 6.42. The monoisotopic (exact) mass is 382 g/mol. The molecule has 2 N–H and O–H groups in total. The number of hydrogen-bond donors (Lipinski definition) is 2. The molecular formula is C22H30N4O2. The van der Waals surface area contributed by atoms with E-state index in [1.54, 1.807) is 7.05 Å². The van der Waals surface area contributed by atoms with Gasteiger partial charge in [0, 0.05) is 27.2 Å². The molecule has 0 unspecified atom stereocenters. The lowest BCUT2D eigenvalue weighted by molar-refractivity contribution is -0.120. The lowest BCUT2D eigenvalue weighted by atomic mass is 10.1. The van der Waals surface area contributed by atoms with Crippen molar-refractivity contribution >= 4 is 11.9 Å². The van der Waals surface area contributed by atoms with Crippen LogP contribution >= 0.6 is 0 Å². The van der Waals surface area contributed by atoms with E-state index in [-0.39, 0.29) is 12.5 Å². The largest absolute Gasteiger partial charge is 0.494 e. The summed E-state index contributed by atoms with van der Waals surface area (Å²) in [6, 6.07) is 18.1. The molecule has 150 valence electrons. The Morgan fingerprint density at radius 2 is 1.75 bits per heavy atom. The van der Waals surface area contributed by atoms with Gasteiger partial charge >= 0.3 is 0 Å². The lowest BCUT2D eigenvalue weighted by Crippen LogP contribution is -2.44. The van der Waals surface area contributed by atoms with Gasteiger partial charge in [-0.25, -0.2) is 0 Å². The number of carbonyl (C=O) groups excluding carboxylic acids is 1. The van der Waals surface area contributed by atoms with E-state index in [0.29, 0.717) is 25.7 Å². The second-order valence-electron chi connectivity index (χ2n) is 6.42. The van der Waals surface area contributed by atoms with Gasteiger partial charge in [-0.3, -0.25) is 9.79 Å². The molecule has 28 heavy (non-hydrogen) atoms. The van der Waals surface area contributed by atoms with Crippen LogP contribution in [0, 0.1) is 0 Å². The van der Waals surface area contributed by atoms with Gasteiger partial charge in [-0.2, -0.15) is 0 Å². The van der Waals surface area contributed by atoms with Gasteiger partial charge in [-0.15, -0.1) is 0 Å². The summed E-state index contributed by atoms with van der Waals surface area (Å²) in [5, 5.41) is 6.04. The van der Waals surface area contributed by atoms with E-state index in [9.17, 15) is 4.79 Å². The molecule has 6 heteroatoms. The van der Waals surface area contributed by atoms with Crippen molar-refractivity contribution in [2.75, 3.05) is 33.8 Å². The van der Waals surface area contributed by atoms with Crippen LogP contribution in [-0.4, -0.2) is 50.6 Å². The molecule has 0 saturated carbocycles. The molecule has 0 saturated heterocycles. The summed E-state index contributed by atoms with van der Waals surface area (Å²) in [7, 11) is 3.66. The van der Waals surface area contributed by atoms with Gasteiger partial charge in [-0.1, -0.05) is 42.5 Å². The van der Waals surface area contributed by atoms with Crippen molar-refractivity contribution in [2.45, 2.75) is 19.9 Å². The number of rotatable bonds is 9. The van der Waals surface area contributed by atoms with E-state index in [1.807, 2.05) is 61.3 Å². The predicted molar refractivity (Wildman–Crippen MR) is 114 cm³/mol. The summed E-state index contributed by atoms with van der Waals surface area (Å²) in [5.41, 5.74) is 2.35. The molecule has 2 rings (SSSR count). The van der Waals surface area contributed by atoms with Gasteiger partial charge in [0.2, 0.25) is 5.91 Å². The summed E-state index contributed by atoms with van der Waals surface area (Å²) in [5.74, 6) is 1.49. The van der Waals surface area contributed by atoms with Crippen LogP contribution in [-0.2, 0) is 17.8 Å². The van der Waals surface area contributed by atoms with Crippen molar-refractivity contribution in [2.24, 2.45) is 4.99 Å². The van der Waals surface area contributed by atoms with Crippen molar-refractivity contribution in [3.8, 4) is 5.75 Å². The third-order valence-electron chi connectivity index (χ3n) is 4.21. The van der Waals surface area contributed by atoms with Gasteiger partial charge in [0.05, 0.1) is 13.2 Å². The van der Waals surface area contributed by atoms with Gasteiger partial charge in [0.25, 0.3) is 0 Å². The highest BCUT2D eigenvalue weighted by Gasteiger charge is 2.09. The predicted octanol–water partition coefficient (Wildman–Crippen LogP) is 2.45. The van der Waals surface area contributed by atoms with Gasteiger partial charge < -0.3 is 20.3 Å². The Balaban J connectivity index is 1.73. The van der Waals surface area contributed by atoms with Gasteiger partial charge in [0.15, 0.2) is 5.96 Å². The summed E-state index contributed by atoms with van der Waals surface area (Å²) in [4.78, 5) is 18.3. The zero-order chi connectivity index (χ0) is 20.2. The maximum atomic E-state index is 12.1. The van der Waals surface area contributed by atoms with E-state index >= 15 is 0 Å². The van der Waals surface area contributed by atoms with E-state index in [1.165, 1.54) is 5.56 Å². The molecule has 2 aromatic rings. The molecular weight excluding hydrogens is 352 g/mol. The zero-order valence-corrected chi connectivity index (χ0v) is 16.9. The molecule has 0 fully saturated rings. The van der Waals surface area contributed by atoms with Crippen molar-refractivity contribution in [3.05, 3.63) is 65.7 Å². The highest BCUT2D eigenvalue weighted by Crippen LogP contribution is 2.13. The highest BCUT2D eigenvalue weighted by molar-refractivity contribution is 5.86. The maximum Gasteiger partial charge on any atom is 0.239 e. The summed E-state index contributed by atoms with van der Waals surface area (Å²) < 4.78 is 5.47. The number of aliphatic imine (C=N–C) groups is 1. The maximum absolute atomic E-state index is 12.1. The van der Waals surface area contributed by atoms with Crippen molar-refractivity contribution in [1.82, 2.24) is 15.5 Å². The standard InChI is InChI=1S/C22H30N4O2/c1-4-28-20-12-10-19(11-13-20)17-26(3)22(23-2)25-16-21(27)24-15-14-18-8-6-5-7-9-18/h5-13H,4,14-17H2,1-3H3,(H,23,25)(H,24,27). The van der Waals surface area contributed by atoms with E-state index in [2.05, 4.69) is 27.8 Å². The first-order chi connectivity index (χ1) is 13.6. The summed E-state index contributed by atoms with van der Waals surface area (Å²) >= 11 is 0. The Labute approximate surface area is 167 Å². The Bertz CT molecular complexity index is 745. The number of benzene rings is 2. The van der Waals surface area contributed by atoms with Crippen LogP contribution in [0.15, 0.2) is 59.6 Å². The van der Waals surface area contributed by atoms with E-state index in [0.717, 1.165) is 17.7 Å². The molecule has 0 aliphatic rings. The number of amides is 1. The van der Waals surface area contributed by atoms with Crippen LogP contribution in [0.3, 0.4) is 0 Å². The van der Waals surface area contributed by atoms with Gasteiger partial charge in [-0.05, 0) is 36.6 Å². The first-order valence-electron chi connectivity index (χ1n) is 9.56. The molecule has 0 bridgehead atoms. The minimum absolute atomic E-state index is 0.0495. The smallest absolute Gasteiger partial charge is 0.239 e. The number of hydrogen-bond acceptors (Lipinski definition) is 3.